The van der Waals surface area contributed by atoms with E-state index in [9.17, 15) is 14.7 Å². The zero-order chi connectivity index (χ0) is 17.9. The van der Waals surface area contributed by atoms with Crippen LogP contribution in [0.2, 0.25) is 0 Å². The maximum atomic E-state index is 12.3. The minimum atomic E-state index is -1.27. The summed E-state index contributed by atoms with van der Waals surface area (Å²) in [6, 6.07) is 7.60. The van der Waals surface area contributed by atoms with Crippen LogP contribution in [0.3, 0.4) is 0 Å². The quantitative estimate of drug-likeness (QED) is 0.743. The van der Waals surface area contributed by atoms with E-state index in [1.807, 2.05) is 38.1 Å². The van der Waals surface area contributed by atoms with Crippen LogP contribution < -0.4 is 11.1 Å². The molecule has 0 spiro atoms. The summed E-state index contributed by atoms with van der Waals surface area (Å²) in [6.07, 6.45) is 0.250. The van der Waals surface area contributed by atoms with Gasteiger partial charge in [-0.3, -0.25) is 14.3 Å². The van der Waals surface area contributed by atoms with Gasteiger partial charge >= 0.3 is 0 Å². The van der Waals surface area contributed by atoms with E-state index in [0.717, 1.165) is 11.1 Å². The number of carbonyl (C=O) groups is 2. The van der Waals surface area contributed by atoms with Gasteiger partial charge in [0.2, 0.25) is 0 Å². The molecular weight excluding hydrogens is 308 g/mol. The Morgan fingerprint density at radius 3 is 2.50 bits per heavy atom. The van der Waals surface area contributed by atoms with Crippen LogP contribution in [0.4, 0.5) is 5.69 Å². The minimum Gasteiger partial charge on any atom is -0.383 e. The molecule has 0 fully saturated rings. The summed E-state index contributed by atoms with van der Waals surface area (Å²) in [4.78, 5) is 23.7. The van der Waals surface area contributed by atoms with Crippen LogP contribution in [-0.4, -0.2) is 32.8 Å². The Hall–Kier alpha value is -2.67. The van der Waals surface area contributed by atoms with Crippen molar-refractivity contribution in [2.75, 3.05) is 5.32 Å². The standard InChI is InChI=1S/C17H22N4O3/c1-4-21-9-13(14(20-21)16(18)23)19-17(24)15(22)11(3)12-7-5-10(2)6-8-12/h5-9,11,15,22H,4H2,1-3H3,(H2,18,23)(H,19,24). The number of carbonyl (C=O) groups excluding carboxylic acids is 2. The Bertz CT molecular complexity index is 737. The van der Waals surface area contributed by atoms with Crippen molar-refractivity contribution in [2.24, 2.45) is 5.73 Å². The molecular formula is C17H22N4O3. The van der Waals surface area contributed by atoms with Crippen LogP contribution in [0, 0.1) is 6.92 Å². The summed E-state index contributed by atoms with van der Waals surface area (Å²) in [5.74, 6) is -1.75. The van der Waals surface area contributed by atoms with Crippen molar-refractivity contribution in [3.05, 3.63) is 47.3 Å². The third-order valence-corrected chi connectivity index (χ3v) is 3.92. The number of rotatable bonds is 6. The van der Waals surface area contributed by atoms with Crippen molar-refractivity contribution in [2.45, 2.75) is 39.3 Å². The first-order chi connectivity index (χ1) is 11.3. The van der Waals surface area contributed by atoms with Gasteiger partial charge in [-0.05, 0) is 19.4 Å². The van der Waals surface area contributed by atoms with Gasteiger partial charge in [0.05, 0.1) is 5.69 Å². The number of aliphatic hydroxyl groups is 1. The molecule has 0 aliphatic carbocycles. The van der Waals surface area contributed by atoms with Crippen molar-refractivity contribution in [3.8, 4) is 0 Å². The smallest absolute Gasteiger partial charge is 0.271 e. The SMILES string of the molecule is CCn1cc(NC(=O)C(O)C(C)c2ccc(C)cc2)c(C(N)=O)n1. The highest BCUT2D eigenvalue weighted by Crippen LogP contribution is 2.22. The average molecular weight is 330 g/mol. The van der Waals surface area contributed by atoms with E-state index < -0.39 is 23.8 Å². The van der Waals surface area contributed by atoms with E-state index in [2.05, 4.69) is 10.4 Å². The molecule has 7 heteroatoms. The maximum Gasteiger partial charge on any atom is 0.271 e. The number of anilines is 1. The summed E-state index contributed by atoms with van der Waals surface area (Å²) in [6.45, 7) is 6.10. The molecule has 128 valence electrons. The maximum absolute atomic E-state index is 12.3. The number of amides is 2. The van der Waals surface area contributed by atoms with Crippen LogP contribution in [0.25, 0.3) is 0 Å². The number of hydrogen-bond acceptors (Lipinski definition) is 4. The summed E-state index contributed by atoms with van der Waals surface area (Å²) in [5, 5.41) is 16.8. The van der Waals surface area contributed by atoms with E-state index in [1.54, 1.807) is 6.92 Å². The molecule has 0 radical (unpaired) electrons. The highest BCUT2D eigenvalue weighted by atomic mass is 16.3. The largest absolute Gasteiger partial charge is 0.383 e. The molecule has 0 bridgehead atoms. The van der Waals surface area contributed by atoms with Crippen LogP contribution in [-0.2, 0) is 11.3 Å². The van der Waals surface area contributed by atoms with Crippen molar-refractivity contribution in [3.63, 3.8) is 0 Å². The Labute approximate surface area is 140 Å². The highest BCUT2D eigenvalue weighted by molar-refractivity contribution is 6.02. The molecule has 1 aromatic heterocycles. The number of primary amides is 1. The molecule has 0 saturated heterocycles. The number of aliphatic hydroxyl groups excluding tert-OH is 1. The summed E-state index contributed by atoms with van der Waals surface area (Å²) in [7, 11) is 0. The second kappa shape index (κ2) is 7.27. The Kier molecular flexibility index (Phi) is 5.35. The molecule has 1 aromatic carbocycles. The number of benzene rings is 1. The van der Waals surface area contributed by atoms with Crippen LogP contribution in [0.5, 0.6) is 0 Å². The zero-order valence-electron chi connectivity index (χ0n) is 14.0. The van der Waals surface area contributed by atoms with Gasteiger partial charge in [0.1, 0.15) is 6.10 Å². The van der Waals surface area contributed by atoms with Gasteiger partial charge in [0.25, 0.3) is 11.8 Å². The topological polar surface area (TPSA) is 110 Å². The van der Waals surface area contributed by atoms with E-state index >= 15 is 0 Å². The van der Waals surface area contributed by atoms with Crippen LogP contribution in [0.1, 0.15) is 41.4 Å². The third kappa shape index (κ3) is 3.80. The number of aromatic nitrogens is 2. The molecule has 7 nitrogen and oxygen atoms in total. The van der Waals surface area contributed by atoms with Crippen LogP contribution >= 0.6 is 0 Å². The van der Waals surface area contributed by atoms with Gasteiger partial charge in [0.15, 0.2) is 5.69 Å². The van der Waals surface area contributed by atoms with E-state index in [4.69, 9.17) is 5.73 Å². The fourth-order valence-electron chi connectivity index (χ4n) is 2.34. The van der Waals surface area contributed by atoms with Crippen molar-refractivity contribution < 1.29 is 14.7 Å². The average Bonchev–Trinajstić information content (AvgIpc) is 2.97. The Morgan fingerprint density at radius 1 is 1.33 bits per heavy atom. The van der Waals surface area contributed by atoms with Crippen molar-refractivity contribution in [1.29, 1.82) is 0 Å². The number of hydrogen-bond donors (Lipinski definition) is 3. The fraction of sp³-hybridized carbons (Fsp3) is 0.353. The van der Waals surface area contributed by atoms with Gasteiger partial charge in [-0.1, -0.05) is 36.8 Å². The molecule has 0 saturated carbocycles. The normalized spacial score (nSPS) is 13.3. The summed E-state index contributed by atoms with van der Waals surface area (Å²) < 4.78 is 1.49. The Morgan fingerprint density at radius 2 is 1.96 bits per heavy atom. The first kappa shape index (κ1) is 17.7. The van der Waals surface area contributed by atoms with E-state index in [0.29, 0.717) is 6.54 Å². The molecule has 2 rings (SSSR count). The number of nitrogens with one attached hydrogen (secondary N) is 1. The molecule has 1 heterocycles. The molecule has 24 heavy (non-hydrogen) atoms. The monoisotopic (exact) mass is 330 g/mol. The lowest BCUT2D eigenvalue weighted by Gasteiger charge is -2.18. The Balaban J connectivity index is 2.15. The van der Waals surface area contributed by atoms with E-state index in [1.165, 1.54) is 10.9 Å². The number of nitrogens with two attached hydrogens (primary N) is 1. The second-order valence-corrected chi connectivity index (χ2v) is 5.74. The van der Waals surface area contributed by atoms with Gasteiger partial charge in [-0.2, -0.15) is 5.10 Å². The molecule has 2 aromatic rings. The lowest BCUT2D eigenvalue weighted by Crippen LogP contribution is -2.32. The van der Waals surface area contributed by atoms with Gasteiger partial charge < -0.3 is 16.2 Å². The number of aryl methyl sites for hydroxylation is 2. The summed E-state index contributed by atoms with van der Waals surface area (Å²) >= 11 is 0. The first-order valence-corrected chi connectivity index (χ1v) is 7.76. The zero-order valence-corrected chi connectivity index (χ0v) is 14.0. The van der Waals surface area contributed by atoms with Gasteiger partial charge in [0, 0.05) is 18.7 Å². The molecule has 2 amide bonds. The summed E-state index contributed by atoms with van der Waals surface area (Å²) in [5.41, 5.74) is 7.39. The van der Waals surface area contributed by atoms with Gasteiger partial charge in [-0.15, -0.1) is 0 Å². The molecule has 4 N–H and O–H groups in total. The fourth-order valence-corrected chi connectivity index (χ4v) is 2.34. The predicted molar refractivity (Wildman–Crippen MR) is 90.6 cm³/mol. The predicted octanol–water partition coefficient (Wildman–Crippen LogP) is 1.41. The number of nitrogens with zero attached hydrogens (tertiary/aromatic N) is 2. The minimum absolute atomic E-state index is 0.0274. The lowest BCUT2D eigenvalue weighted by molar-refractivity contribution is -0.124. The third-order valence-electron chi connectivity index (χ3n) is 3.92. The van der Waals surface area contributed by atoms with Crippen LogP contribution in [0.15, 0.2) is 30.5 Å². The lowest BCUT2D eigenvalue weighted by atomic mass is 9.94. The first-order valence-electron chi connectivity index (χ1n) is 7.76. The second-order valence-electron chi connectivity index (χ2n) is 5.74. The molecule has 2 unspecified atom stereocenters. The molecule has 0 aliphatic rings. The van der Waals surface area contributed by atoms with E-state index in [-0.39, 0.29) is 11.4 Å². The highest BCUT2D eigenvalue weighted by Gasteiger charge is 2.26. The van der Waals surface area contributed by atoms with Gasteiger partial charge in [-0.25, -0.2) is 0 Å². The van der Waals surface area contributed by atoms with Crippen molar-refractivity contribution in [1.82, 2.24) is 9.78 Å². The molecule has 2 atom stereocenters. The molecule has 0 aliphatic heterocycles. The van der Waals surface area contributed by atoms with Crippen molar-refractivity contribution >= 4 is 17.5 Å².